The topological polar surface area (TPSA) is 69.2 Å². The van der Waals surface area contributed by atoms with Gasteiger partial charge in [0.25, 0.3) is 0 Å². The highest BCUT2D eigenvalue weighted by Crippen LogP contribution is 2.55. The van der Waals surface area contributed by atoms with Crippen molar-refractivity contribution in [3.8, 4) is 0 Å². The van der Waals surface area contributed by atoms with E-state index in [9.17, 15) is 14.7 Å². The molecular weight excluding hydrogens is 266 g/mol. The molecule has 21 heavy (non-hydrogen) atoms. The number of benzene rings is 1. The molecule has 1 saturated carbocycles. The highest BCUT2D eigenvalue weighted by Gasteiger charge is 2.54. The summed E-state index contributed by atoms with van der Waals surface area (Å²) in [6.45, 7) is 7.31. The van der Waals surface area contributed by atoms with E-state index < -0.39 is 16.8 Å². The van der Waals surface area contributed by atoms with Gasteiger partial charge in [-0.2, -0.15) is 0 Å². The molecule has 1 aliphatic carbocycles. The first kappa shape index (κ1) is 15.5. The SMILES string of the molecule is Cc1ccccc1NC(=O)[C@@H]1CC[C@](C)(C(=O)[O-])C1(C)C. The largest absolute Gasteiger partial charge is 0.550 e. The molecule has 1 aliphatic rings. The van der Waals surface area contributed by atoms with E-state index in [-0.39, 0.29) is 11.8 Å². The van der Waals surface area contributed by atoms with E-state index in [2.05, 4.69) is 5.32 Å². The Balaban J connectivity index is 2.22. The first-order chi connectivity index (χ1) is 9.70. The minimum absolute atomic E-state index is 0.112. The van der Waals surface area contributed by atoms with Gasteiger partial charge in [0, 0.05) is 23.0 Å². The van der Waals surface area contributed by atoms with Crippen molar-refractivity contribution in [3.63, 3.8) is 0 Å². The van der Waals surface area contributed by atoms with Crippen LogP contribution in [0.3, 0.4) is 0 Å². The van der Waals surface area contributed by atoms with Gasteiger partial charge >= 0.3 is 0 Å². The molecule has 0 aromatic heterocycles. The van der Waals surface area contributed by atoms with Crippen LogP contribution in [0.25, 0.3) is 0 Å². The smallest absolute Gasteiger partial charge is 0.228 e. The summed E-state index contributed by atoms with van der Waals surface area (Å²) < 4.78 is 0. The Bertz CT molecular complexity index is 579. The second-order valence-electron chi connectivity index (χ2n) is 6.74. The number of para-hydroxylation sites is 1. The molecule has 4 heteroatoms. The van der Waals surface area contributed by atoms with Crippen molar-refractivity contribution in [1.29, 1.82) is 0 Å². The first-order valence-electron chi connectivity index (χ1n) is 7.28. The van der Waals surface area contributed by atoms with Crippen LogP contribution < -0.4 is 10.4 Å². The molecule has 0 heterocycles. The van der Waals surface area contributed by atoms with Crippen molar-refractivity contribution in [2.24, 2.45) is 16.7 Å². The second-order valence-corrected chi connectivity index (χ2v) is 6.74. The normalized spacial score (nSPS) is 27.3. The van der Waals surface area contributed by atoms with E-state index in [1.807, 2.05) is 45.0 Å². The summed E-state index contributed by atoms with van der Waals surface area (Å²) in [5.74, 6) is -1.52. The lowest BCUT2D eigenvalue weighted by Crippen LogP contribution is -2.49. The van der Waals surface area contributed by atoms with E-state index in [4.69, 9.17) is 0 Å². The number of rotatable bonds is 3. The van der Waals surface area contributed by atoms with E-state index in [1.165, 1.54) is 0 Å². The monoisotopic (exact) mass is 288 g/mol. The summed E-state index contributed by atoms with van der Waals surface area (Å²) >= 11 is 0. The molecule has 1 aromatic rings. The molecule has 1 aromatic carbocycles. The maximum Gasteiger partial charge on any atom is 0.228 e. The summed E-state index contributed by atoms with van der Waals surface area (Å²) in [6, 6.07) is 7.57. The van der Waals surface area contributed by atoms with Crippen LogP contribution >= 0.6 is 0 Å². The number of nitrogens with one attached hydrogen (secondary N) is 1. The predicted molar refractivity (Wildman–Crippen MR) is 79.4 cm³/mol. The molecule has 1 amide bonds. The van der Waals surface area contributed by atoms with Gasteiger partial charge < -0.3 is 15.2 Å². The standard InChI is InChI=1S/C17H23NO3/c1-11-7-5-6-8-13(11)18-14(19)12-9-10-17(4,15(20)21)16(12,2)3/h5-8,12H,9-10H2,1-4H3,(H,18,19)(H,20,21)/p-1/t12-,17+/m0/s1. The van der Waals surface area contributed by atoms with Crippen molar-refractivity contribution >= 4 is 17.6 Å². The molecule has 0 bridgehead atoms. The summed E-state index contributed by atoms with van der Waals surface area (Å²) in [7, 11) is 0. The van der Waals surface area contributed by atoms with Crippen LogP contribution in [0.2, 0.25) is 0 Å². The molecular formula is C17H22NO3-. The number of carbonyl (C=O) groups is 2. The van der Waals surface area contributed by atoms with Crippen LogP contribution in [0, 0.1) is 23.7 Å². The van der Waals surface area contributed by atoms with Crippen molar-refractivity contribution in [2.45, 2.75) is 40.5 Å². The van der Waals surface area contributed by atoms with Gasteiger partial charge in [-0.1, -0.05) is 39.0 Å². The average Bonchev–Trinajstić information content (AvgIpc) is 2.64. The van der Waals surface area contributed by atoms with Crippen molar-refractivity contribution in [1.82, 2.24) is 0 Å². The van der Waals surface area contributed by atoms with Crippen molar-refractivity contribution in [2.75, 3.05) is 5.32 Å². The summed E-state index contributed by atoms with van der Waals surface area (Å²) in [5, 5.41) is 14.4. The molecule has 2 atom stereocenters. The molecule has 0 unspecified atom stereocenters. The fraction of sp³-hybridized carbons (Fsp3) is 0.529. The number of carbonyl (C=O) groups excluding carboxylic acids is 2. The number of amides is 1. The van der Waals surface area contributed by atoms with Crippen molar-refractivity contribution in [3.05, 3.63) is 29.8 Å². The summed E-state index contributed by atoms with van der Waals surface area (Å²) in [6.07, 6.45) is 1.03. The van der Waals surface area contributed by atoms with E-state index >= 15 is 0 Å². The zero-order chi connectivity index (χ0) is 15.8. The molecule has 0 spiro atoms. The number of hydrogen-bond donors (Lipinski definition) is 1. The maximum atomic E-state index is 12.6. The zero-order valence-corrected chi connectivity index (χ0v) is 13.0. The molecule has 4 nitrogen and oxygen atoms in total. The molecule has 1 fully saturated rings. The number of carboxylic acids is 1. The van der Waals surface area contributed by atoms with Crippen LogP contribution in [0.15, 0.2) is 24.3 Å². The third-order valence-corrected chi connectivity index (χ3v) is 5.40. The van der Waals surface area contributed by atoms with Gasteiger partial charge in [0.05, 0.1) is 0 Å². The van der Waals surface area contributed by atoms with Gasteiger partial charge in [-0.25, -0.2) is 0 Å². The van der Waals surface area contributed by atoms with E-state index in [1.54, 1.807) is 6.92 Å². The third kappa shape index (κ3) is 2.43. The fourth-order valence-electron chi connectivity index (χ4n) is 3.26. The maximum absolute atomic E-state index is 12.6. The summed E-state index contributed by atoms with van der Waals surface area (Å²) in [5.41, 5.74) is 0.156. The number of hydrogen-bond acceptors (Lipinski definition) is 3. The van der Waals surface area contributed by atoms with Crippen molar-refractivity contribution < 1.29 is 14.7 Å². The Morgan fingerprint density at radius 1 is 1.24 bits per heavy atom. The first-order valence-corrected chi connectivity index (χ1v) is 7.28. The lowest BCUT2D eigenvalue weighted by Gasteiger charge is -2.41. The van der Waals surface area contributed by atoms with Gasteiger partial charge in [0.1, 0.15) is 0 Å². The minimum atomic E-state index is -1.07. The van der Waals surface area contributed by atoms with Gasteiger partial charge in [0.2, 0.25) is 5.91 Å². The van der Waals surface area contributed by atoms with Crippen LogP contribution in [-0.4, -0.2) is 11.9 Å². The molecule has 1 N–H and O–H groups in total. The third-order valence-electron chi connectivity index (χ3n) is 5.40. The van der Waals surface area contributed by atoms with Crippen LogP contribution in [0.1, 0.15) is 39.2 Å². The van der Waals surface area contributed by atoms with Crippen LogP contribution in [0.5, 0.6) is 0 Å². The lowest BCUT2D eigenvalue weighted by atomic mass is 9.65. The minimum Gasteiger partial charge on any atom is -0.550 e. The predicted octanol–water partition coefficient (Wildman–Crippen LogP) is 2.13. The van der Waals surface area contributed by atoms with Gasteiger partial charge in [-0.15, -0.1) is 0 Å². The molecule has 0 radical (unpaired) electrons. The number of aliphatic carboxylic acids is 1. The Kier molecular flexibility index (Phi) is 3.83. The quantitative estimate of drug-likeness (QED) is 0.926. The zero-order valence-electron chi connectivity index (χ0n) is 13.0. The van der Waals surface area contributed by atoms with E-state index in [0.29, 0.717) is 12.8 Å². The Morgan fingerprint density at radius 3 is 2.38 bits per heavy atom. The lowest BCUT2D eigenvalue weighted by molar-refractivity contribution is -0.323. The number of carboxylic acid groups (broad SMARTS) is 1. The Morgan fingerprint density at radius 2 is 1.86 bits per heavy atom. The van der Waals surface area contributed by atoms with Gasteiger partial charge in [0.15, 0.2) is 0 Å². The highest BCUT2D eigenvalue weighted by atomic mass is 16.4. The number of aryl methyl sites for hydroxylation is 1. The molecule has 0 aliphatic heterocycles. The van der Waals surface area contributed by atoms with Gasteiger partial charge in [-0.05, 0) is 36.8 Å². The Hall–Kier alpha value is -1.84. The second kappa shape index (κ2) is 5.17. The average molecular weight is 288 g/mol. The molecule has 2 rings (SSSR count). The van der Waals surface area contributed by atoms with Crippen LogP contribution in [-0.2, 0) is 9.59 Å². The Labute approximate surface area is 125 Å². The molecule has 0 saturated heterocycles. The summed E-state index contributed by atoms with van der Waals surface area (Å²) in [4.78, 5) is 24.0. The van der Waals surface area contributed by atoms with Crippen LogP contribution in [0.4, 0.5) is 5.69 Å². The molecule has 114 valence electrons. The van der Waals surface area contributed by atoms with E-state index in [0.717, 1.165) is 11.3 Å². The fourth-order valence-corrected chi connectivity index (χ4v) is 3.26. The number of anilines is 1. The van der Waals surface area contributed by atoms with Gasteiger partial charge in [-0.3, -0.25) is 4.79 Å². The highest BCUT2D eigenvalue weighted by molar-refractivity contribution is 5.94.